The molecule has 0 aliphatic heterocycles. The van der Waals surface area contributed by atoms with Gasteiger partial charge in [0.15, 0.2) is 0 Å². The lowest BCUT2D eigenvalue weighted by Crippen LogP contribution is -2.63. The third-order valence-corrected chi connectivity index (χ3v) is 6.02. The Hall–Kier alpha value is -0.890. The number of aromatic nitrogens is 1. The molecule has 20 heavy (non-hydrogen) atoms. The molecule has 0 amide bonds. The van der Waals surface area contributed by atoms with E-state index in [1.807, 2.05) is 18.5 Å². The maximum atomic E-state index is 4.24. The molecule has 1 N–H and O–H groups in total. The van der Waals surface area contributed by atoms with Crippen LogP contribution in [0.4, 0.5) is 0 Å². The van der Waals surface area contributed by atoms with E-state index in [9.17, 15) is 0 Å². The third kappa shape index (κ3) is 2.09. The van der Waals surface area contributed by atoms with Crippen molar-refractivity contribution in [3.05, 3.63) is 30.1 Å². The van der Waals surface area contributed by atoms with E-state index in [1.165, 1.54) is 44.1 Å². The summed E-state index contributed by atoms with van der Waals surface area (Å²) in [4.78, 5) is 4.24. The van der Waals surface area contributed by atoms with Gasteiger partial charge in [0, 0.05) is 24.5 Å². The molecule has 5 rings (SSSR count). The molecule has 0 radical (unpaired) electrons. The Kier molecular flexibility index (Phi) is 2.61. The summed E-state index contributed by atoms with van der Waals surface area (Å²) >= 11 is 0. The summed E-state index contributed by atoms with van der Waals surface area (Å²) in [6, 6.07) is 4.23. The molecule has 2 nitrogen and oxygen atoms in total. The van der Waals surface area contributed by atoms with E-state index in [0.717, 1.165) is 12.5 Å². The summed E-state index contributed by atoms with van der Waals surface area (Å²) in [6.45, 7) is 6.05. The molecule has 2 atom stereocenters. The molecule has 4 fully saturated rings. The fraction of sp³-hybridized carbons (Fsp3) is 0.722. The lowest BCUT2D eigenvalue weighted by Gasteiger charge is -2.65. The fourth-order valence-electron chi connectivity index (χ4n) is 6.44. The smallest absolute Gasteiger partial charge is 0.0312 e. The zero-order valence-corrected chi connectivity index (χ0v) is 12.8. The van der Waals surface area contributed by atoms with Gasteiger partial charge < -0.3 is 5.32 Å². The van der Waals surface area contributed by atoms with E-state index >= 15 is 0 Å². The van der Waals surface area contributed by atoms with Crippen LogP contribution >= 0.6 is 0 Å². The Balaban J connectivity index is 1.55. The Labute approximate surface area is 122 Å². The van der Waals surface area contributed by atoms with Gasteiger partial charge in [0.1, 0.15) is 0 Å². The van der Waals surface area contributed by atoms with Crippen LogP contribution in [0.15, 0.2) is 24.5 Å². The number of nitrogens with zero attached hydrogens (tertiary/aromatic N) is 1. The van der Waals surface area contributed by atoms with Crippen molar-refractivity contribution in [1.82, 2.24) is 10.3 Å². The highest BCUT2D eigenvalue weighted by molar-refractivity contribution is 5.16. The van der Waals surface area contributed by atoms with Crippen molar-refractivity contribution in [2.45, 2.75) is 64.5 Å². The van der Waals surface area contributed by atoms with Crippen molar-refractivity contribution >= 4 is 0 Å². The van der Waals surface area contributed by atoms with Gasteiger partial charge in [0.25, 0.3) is 0 Å². The van der Waals surface area contributed by atoms with Crippen LogP contribution in [0, 0.1) is 16.7 Å². The largest absolute Gasteiger partial charge is 0.307 e. The third-order valence-electron chi connectivity index (χ3n) is 6.02. The van der Waals surface area contributed by atoms with E-state index in [1.54, 1.807) is 0 Å². The van der Waals surface area contributed by atoms with Crippen molar-refractivity contribution in [2.24, 2.45) is 16.7 Å². The molecule has 4 aliphatic carbocycles. The molecule has 4 aliphatic rings. The first-order valence-corrected chi connectivity index (χ1v) is 8.12. The number of hydrogen-bond donors (Lipinski definition) is 1. The molecule has 0 aromatic carbocycles. The number of rotatable bonds is 3. The zero-order chi connectivity index (χ0) is 13.8. The van der Waals surface area contributed by atoms with E-state index in [4.69, 9.17) is 0 Å². The van der Waals surface area contributed by atoms with Crippen LogP contribution in [-0.4, -0.2) is 10.5 Å². The molecule has 4 saturated carbocycles. The molecule has 108 valence electrons. The van der Waals surface area contributed by atoms with Gasteiger partial charge in [0.2, 0.25) is 0 Å². The predicted octanol–water partition coefficient (Wildman–Crippen LogP) is 3.92. The van der Waals surface area contributed by atoms with Crippen LogP contribution in [0.3, 0.4) is 0 Å². The molecule has 0 spiro atoms. The second-order valence-corrected chi connectivity index (χ2v) is 8.63. The van der Waals surface area contributed by atoms with Gasteiger partial charge >= 0.3 is 0 Å². The predicted molar refractivity (Wildman–Crippen MR) is 81.2 cm³/mol. The summed E-state index contributed by atoms with van der Waals surface area (Å²) < 4.78 is 0. The van der Waals surface area contributed by atoms with Crippen molar-refractivity contribution in [3.8, 4) is 0 Å². The van der Waals surface area contributed by atoms with E-state index < -0.39 is 0 Å². The molecule has 1 aromatic heterocycles. The fourth-order valence-corrected chi connectivity index (χ4v) is 6.44. The van der Waals surface area contributed by atoms with Gasteiger partial charge in [-0.3, -0.25) is 4.98 Å². The Morgan fingerprint density at radius 3 is 2.50 bits per heavy atom. The monoisotopic (exact) mass is 270 g/mol. The summed E-state index contributed by atoms with van der Waals surface area (Å²) in [5.74, 6) is 0.961. The highest BCUT2D eigenvalue weighted by atomic mass is 15.0. The minimum atomic E-state index is 0.402. The standard InChI is InChI=1S/C18H26N2/c1-16-6-15-7-17(2,11-16)13-18(8-15,12-16)20-10-14-4-3-5-19-9-14/h3-5,9,15,20H,6-8,10-13H2,1-2H3/t15?,16-,17-,18?/m0/s1. The number of pyridine rings is 1. The second-order valence-electron chi connectivity index (χ2n) is 8.63. The van der Waals surface area contributed by atoms with Gasteiger partial charge in [0.05, 0.1) is 0 Å². The molecule has 4 bridgehead atoms. The van der Waals surface area contributed by atoms with Gasteiger partial charge in [-0.25, -0.2) is 0 Å². The average molecular weight is 270 g/mol. The number of nitrogens with one attached hydrogen (secondary N) is 1. The molecule has 1 aromatic rings. The van der Waals surface area contributed by atoms with Crippen molar-refractivity contribution < 1.29 is 0 Å². The van der Waals surface area contributed by atoms with Crippen molar-refractivity contribution in [3.63, 3.8) is 0 Å². The van der Waals surface area contributed by atoms with Crippen LogP contribution in [0.25, 0.3) is 0 Å². The van der Waals surface area contributed by atoms with E-state index in [2.05, 4.69) is 30.2 Å². The Morgan fingerprint density at radius 1 is 1.15 bits per heavy atom. The van der Waals surface area contributed by atoms with Crippen molar-refractivity contribution in [2.75, 3.05) is 0 Å². The van der Waals surface area contributed by atoms with Crippen molar-refractivity contribution in [1.29, 1.82) is 0 Å². The summed E-state index contributed by atoms with van der Waals surface area (Å²) in [5, 5.41) is 3.95. The Bertz CT molecular complexity index is 491. The Morgan fingerprint density at radius 2 is 1.90 bits per heavy atom. The van der Waals surface area contributed by atoms with E-state index in [-0.39, 0.29) is 0 Å². The molecule has 0 saturated heterocycles. The zero-order valence-electron chi connectivity index (χ0n) is 12.8. The average Bonchev–Trinajstić information content (AvgIpc) is 2.33. The lowest BCUT2D eigenvalue weighted by molar-refractivity contribution is -0.118. The lowest BCUT2D eigenvalue weighted by atomic mass is 9.43. The number of hydrogen-bond acceptors (Lipinski definition) is 2. The van der Waals surface area contributed by atoms with E-state index in [0.29, 0.717) is 16.4 Å². The first-order chi connectivity index (χ1) is 9.49. The normalized spacial score (nSPS) is 45.8. The maximum Gasteiger partial charge on any atom is 0.0312 e. The van der Waals surface area contributed by atoms with Crippen LogP contribution in [0.1, 0.15) is 57.9 Å². The van der Waals surface area contributed by atoms with Crippen LogP contribution in [0.5, 0.6) is 0 Å². The maximum absolute atomic E-state index is 4.24. The summed E-state index contributed by atoms with van der Waals surface area (Å²) in [6.07, 6.45) is 12.4. The van der Waals surface area contributed by atoms with Gasteiger partial charge in [-0.2, -0.15) is 0 Å². The first kappa shape index (κ1) is 12.8. The van der Waals surface area contributed by atoms with Gasteiger partial charge in [-0.05, 0) is 66.9 Å². The highest BCUT2D eigenvalue weighted by Crippen LogP contribution is 2.66. The van der Waals surface area contributed by atoms with Gasteiger partial charge in [-0.1, -0.05) is 19.9 Å². The highest BCUT2D eigenvalue weighted by Gasteiger charge is 2.59. The molecular weight excluding hydrogens is 244 g/mol. The van der Waals surface area contributed by atoms with Crippen LogP contribution in [0.2, 0.25) is 0 Å². The molecular formula is C18H26N2. The second kappa shape index (κ2) is 4.07. The topological polar surface area (TPSA) is 24.9 Å². The minimum absolute atomic E-state index is 0.402. The SMILES string of the molecule is C[C@@]12CC3CC(NCc4cccnc4)(C1)C[C@@](C)(C3)C2. The van der Waals surface area contributed by atoms with Crippen LogP contribution in [-0.2, 0) is 6.54 Å². The molecule has 0 unspecified atom stereocenters. The minimum Gasteiger partial charge on any atom is -0.307 e. The van der Waals surface area contributed by atoms with Gasteiger partial charge in [-0.15, -0.1) is 0 Å². The summed E-state index contributed by atoms with van der Waals surface area (Å²) in [7, 11) is 0. The molecule has 1 heterocycles. The molecule has 2 heteroatoms. The summed E-state index contributed by atoms with van der Waals surface area (Å²) in [5.41, 5.74) is 2.91. The van der Waals surface area contributed by atoms with Crippen LogP contribution < -0.4 is 5.32 Å². The first-order valence-electron chi connectivity index (χ1n) is 8.12. The quantitative estimate of drug-likeness (QED) is 0.900.